The number of amides is 2. The van der Waals surface area contributed by atoms with Crippen LogP contribution in [0.2, 0.25) is 10.0 Å². The number of sulfonamides is 1. The normalized spacial score (nSPS) is 12.2. The zero-order valence-corrected chi connectivity index (χ0v) is 24.0. The summed E-state index contributed by atoms with van der Waals surface area (Å²) < 4.78 is 28.6. The van der Waals surface area contributed by atoms with Crippen molar-refractivity contribution in [1.82, 2.24) is 10.2 Å². The van der Waals surface area contributed by atoms with Crippen LogP contribution in [0, 0.1) is 6.92 Å². The predicted molar refractivity (Wildman–Crippen MR) is 152 cm³/mol. The molecule has 0 bridgehead atoms. The first-order valence-corrected chi connectivity index (χ1v) is 14.3. The maximum absolute atomic E-state index is 13.8. The van der Waals surface area contributed by atoms with E-state index in [0.717, 1.165) is 15.4 Å². The average Bonchev–Trinajstić information content (AvgIpc) is 2.86. The number of hydrogen-bond acceptors (Lipinski definition) is 4. The van der Waals surface area contributed by atoms with Crippen LogP contribution in [0.5, 0.6) is 0 Å². The maximum atomic E-state index is 13.8. The van der Waals surface area contributed by atoms with Crippen LogP contribution < -0.4 is 9.62 Å². The van der Waals surface area contributed by atoms with Crippen LogP contribution in [-0.2, 0) is 26.2 Å². The topological polar surface area (TPSA) is 86.8 Å². The van der Waals surface area contributed by atoms with Gasteiger partial charge in [0, 0.05) is 22.6 Å². The summed E-state index contributed by atoms with van der Waals surface area (Å²) in [5.74, 6) is -0.879. The fourth-order valence-electron chi connectivity index (χ4n) is 3.82. The van der Waals surface area contributed by atoms with Gasteiger partial charge in [-0.3, -0.25) is 13.9 Å². The van der Waals surface area contributed by atoms with Gasteiger partial charge >= 0.3 is 0 Å². The van der Waals surface area contributed by atoms with Crippen LogP contribution in [0.4, 0.5) is 5.69 Å². The van der Waals surface area contributed by atoms with Gasteiger partial charge in [-0.1, -0.05) is 47.5 Å². The Morgan fingerprint density at radius 1 is 0.895 bits per heavy atom. The number of nitrogens with zero attached hydrogens (tertiary/aromatic N) is 2. The predicted octanol–water partition coefficient (Wildman–Crippen LogP) is 5.44. The molecule has 0 fully saturated rings. The summed E-state index contributed by atoms with van der Waals surface area (Å²) in [7, 11) is -4.15. The van der Waals surface area contributed by atoms with Gasteiger partial charge in [0.15, 0.2) is 0 Å². The fourth-order valence-corrected chi connectivity index (χ4v) is 5.48. The zero-order chi connectivity index (χ0) is 28.0. The van der Waals surface area contributed by atoms with E-state index in [4.69, 9.17) is 23.2 Å². The van der Waals surface area contributed by atoms with Crippen LogP contribution >= 0.6 is 23.2 Å². The third-order valence-electron chi connectivity index (χ3n) is 5.83. The highest BCUT2D eigenvalue weighted by Crippen LogP contribution is 2.26. The molecule has 0 saturated carbocycles. The van der Waals surface area contributed by atoms with E-state index in [9.17, 15) is 18.0 Å². The van der Waals surface area contributed by atoms with Gasteiger partial charge in [-0.15, -0.1) is 0 Å². The molecule has 1 atom stereocenters. The number of rotatable bonds is 10. The lowest BCUT2D eigenvalue weighted by atomic mass is 10.1. The number of hydrogen-bond donors (Lipinski definition) is 1. The largest absolute Gasteiger partial charge is 0.352 e. The number of anilines is 1. The molecule has 0 unspecified atom stereocenters. The molecule has 3 rings (SSSR count). The summed E-state index contributed by atoms with van der Waals surface area (Å²) >= 11 is 12.0. The first-order valence-electron chi connectivity index (χ1n) is 12.1. The number of carbonyl (C=O) groups is 2. The van der Waals surface area contributed by atoms with Crippen LogP contribution in [-0.4, -0.2) is 43.8 Å². The lowest BCUT2D eigenvalue weighted by Gasteiger charge is -2.32. The molecule has 10 heteroatoms. The molecule has 0 spiro atoms. The monoisotopic (exact) mass is 575 g/mol. The summed E-state index contributed by atoms with van der Waals surface area (Å²) in [6, 6.07) is 18.6. The van der Waals surface area contributed by atoms with E-state index in [1.165, 1.54) is 29.2 Å². The van der Waals surface area contributed by atoms with Crippen LogP contribution in [0.25, 0.3) is 0 Å². The SMILES string of the molecule is Cc1cccc(N(CC(=O)N(Cc2ccc(Cl)cc2)[C@@H](C)C(=O)NC(C)C)S(=O)(=O)c2ccc(Cl)cc2)c1. The molecule has 202 valence electrons. The second kappa shape index (κ2) is 12.7. The van der Waals surface area contributed by atoms with Gasteiger partial charge in [-0.2, -0.15) is 0 Å². The average molecular weight is 577 g/mol. The third-order valence-corrected chi connectivity index (χ3v) is 8.13. The lowest BCUT2D eigenvalue weighted by molar-refractivity contribution is -0.139. The molecule has 7 nitrogen and oxygen atoms in total. The molecule has 38 heavy (non-hydrogen) atoms. The fraction of sp³-hybridized carbons (Fsp3) is 0.286. The molecule has 0 aliphatic heterocycles. The van der Waals surface area contributed by atoms with E-state index in [2.05, 4.69) is 5.32 Å². The molecule has 0 aliphatic carbocycles. The second-order valence-electron chi connectivity index (χ2n) is 9.29. The first-order chi connectivity index (χ1) is 17.9. The van der Waals surface area contributed by atoms with Crippen molar-refractivity contribution in [3.63, 3.8) is 0 Å². The van der Waals surface area contributed by atoms with Gasteiger partial charge in [-0.05, 0) is 87.4 Å². The van der Waals surface area contributed by atoms with Crippen molar-refractivity contribution >= 4 is 50.7 Å². The number of nitrogens with one attached hydrogen (secondary N) is 1. The maximum Gasteiger partial charge on any atom is 0.264 e. The Kier molecular flexibility index (Phi) is 9.82. The molecule has 0 heterocycles. The van der Waals surface area contributed by atoms with E-state index in [1.807, 2.05) is 26.8 Å². The van der Waals surface area contributed by atoms with Crippen molar-refractivity contribution in [3.8, 4) is 0 Å². The molecule has 0 saturated heterocycles. The Morgan fingerprint density at radius 2 is 1.47 bits per heavy atom. The molecular formula is C28H31Cl2N3O4S. The minimum atomic E-state index is -4.15. The Hall–Kier alpha value is -3.07. The van der Waals surface area contributed by atoms with Gasteiger partial charge in [0.25, 0.3) is 10.0 Å². The zero-order valence-electron chi connectivity index (χ0n) is 21.7. The molecule has 3 aromatic rings. The van der Waals surface area contributed by atoms with Crippen LogP contribution in [0.3, 0.4) is 0 Å². The summed E-state index contributed by atoms with van der Waals surface area (Å²) in [5, 5.41) is 3.76. The van der Waals surface area contributed by atoms with Crippen molar-refractivity contribution in [1.29, 1.82) is 0 Å². The molecule has 0 aromatic heterocycles. The molecular weight excluding hydrogens is 545 g/mol. The number of aryl methyl sites for hydroxylation is 1. The Labute approximate surface area is 234 Å². The highest BCUT2D eigenvalue weighted by atomic mass is 35.5. The van der Waals surface area contributed by atoms with Crippen molar-refractivity contribution in [2.75, 3.05) is 10.8 Å². The summed E-state index contributed by atoms with van der Waals surface area (Å²) in [6.07, 6.45) is 0. The minimum absolute atomic E-state index is 0.00828. The minimum Gasteiger partial charge on any atom is -0.352 e. The van der Waals surface area contributed by atoms with Gasteiger partial charge in [0.2, 0.25) is 11.8 Å². The highest BCUT2D eigenvalue weighted by Gasteiger charge is 2.32. The van der Waals surface area contributed by atoms with E-state index in [-0.39, 0.29) is 23.4 Å². The van der Waals surface area contributed by atoms with E-state index in [1.54, 1.807) is 49.4 Å². The number of carbonyl (C=O) groups excluding carboxylic acids is 2. The van der Waals surface area contributed by atoms with Crippen LogP contribution in [0.1, 0.15) is 31.9 Å². The van der Waals surface area contributed by atoms with Gasteiger partial charge in [-0.25, -0.2) is 8.42 Å². The Bertz CT molecular complexity index is 1380. The molecule has 1 N–H and O–H groups in total. The second-order valence-corrected chi connectivity index (χ2v) is 12.0. The highest BCUT2D eigenvalue weighted by molar-refractivity contribution is 7.92. The molecule has 3 aromatic carbocycles. The van der Waals surface area contributed by atoms with E-state index >= 15 is 0 Å². The molecule has 0 aliphatic rings. The number of halogens is 2. The van der Waals surface area contributed by atoms with Crippen molar-refractivity contribution < 1.29 is 18.0 Å². The van der Waals surface area contributed by atoms with Crippen LogP contribution in [0.15, 0.2) is 77.7 Å². The van der Waals surface area contributed by atoms with Gasteiger partial charge < -0.3 is 10.2 Å². The smallest absolute Gasteiger partial charge is 0.264 e. The Morgan fingerprint density at radius 3 is 2.03 bits per heavy atom. The number of benzene rings is 3. The van der Waals surface area contributed by atoms with E-state index < -0.39 is 28.5 Å². The first kappa shape index (κ1) is 29.5. The molecule has 0 radical (unpaired) electrons. The molecule has 2 amide bonds. The summed E-state index contributed by atoms with van der Waals surface area (Å²) in [6.45, 7) is 6.69. The van der Waals surface area contributed by atoms with E-state index in [0.29, 0.717) is 15.7 Å². The summed E-state index contributed by atoms with van der Waals surface area (Å²) in [5.41, 5.74) is 1.91. The van der Waals surface area contributed by atoms with Crippen molar-refractivity contribution in [2.45, 2.75) is 51.2 Å². The Balaban J connectivity index is 2.03. The third kappa shape index (κ3) is 7.49. The van der Waals surface area contributed by atoms with Gasteiger partial charge in [0.1, 0.15) is 12.6 Å². The van der Waals surface area contributed by atoms with Crippen molar-refractivity contribution in [2.24, 2.45) is 0 Å². The standard InChI is InChI=1S/C28H31Cl2N3O4S/c1-19(2)31-28(35)21(4)32(17-22-8-10-23(29)11-9-22)27(34)18-33(25-7-5-6-20(3)16-25)38(36,37)26-14-12-24(30)13-15-26/h5-16,19,21H,17-18H2,1-4H3,(H,31,35)/t21-/m0/s1. The lowest BCUT2D eigenvalue weighted by Crippen LogP contribution is -2.52. The summed E-state index contributed by atoms with van der Waals surface area (Å²) in [4.78, 5) is 28.1. The quantitative estimate of drug-likeness (QED) is 0.348. The van der Waals surface area contributed by atoms with Gasteiger partial charge in [0.05, 0.1) is 10.6 Å². The van der Waals surface area contributed by atoms with Crippen molar-refractivity contribution in [3.05, 3.63) is 94.0 Å².